The van der Waals surface area contributed by atoms with Crippen molar-refractivity contribution in [2.24, 2.45) is 5.73 Å². The zero-order valence-corrected chi connectivity index (χ0v) is 11.2. The molecular weight excluding hydrogens is 204 g/mol. The van der Waals surface area contributed by atoms with Crippen LogP contribution in [-0.2, 0) is 9.53 Å². The first kappa shape index (κ1) is 15.4. The molecule has 2 atom stereocenters. The molecule has 4 nitrogen and oxygen atoms in total. The summed E-state index contributed by atoms with van der Waals surface area (Å²) in [5, 5.41) is 0. The summed E-state index contributed by atoms with van der Waals surface area (Å²) in [6, 6.07) is 0.433. The van der Waals surface area contributed by atoms with Crippen LogP contribution in [0.3, 0.4) is 0 Å². The van der Waals surface area contributed by atoms with Gasteiger partial charge in [0.05, 0.1) is 6.61 Å². The Labute approximate surface area is 99.1 Å². The number of nitrogens with two attached hydrogens (primary N) is 1. The van der Waals surface area contributed by atoms with Gasteiger partial charge >= 0.3 is 5.97 Å². The second-order valence-corrected chi connectivity index (χ2v) is 4.46. The fourth-order valence-corrected chi connectivity index (χ4v) is 1.62. The average molecular weight is 230 g/mol. The third-order valence-electron chi connectivity index (χ3n) is 2.89. The second-order valence-electron chi connectivity index (χ2n) is 4.46. The first-order valence-electron chi connectivity index (χ1n) is 6.09. The van der Waals surface area contributed by atoms with Gasteiger partial charge in [-0.15, -0.1) is 0 Å². The SMILES string of the molecule is CCOC(=O)C(C)(N)CN(CC)C(C)CC. The number of nitrogens with zero attached hydrogens (tertiary/aromatic N) is 1. The Morgan fingerprint density at radius 3 is 2.38 bits per heavy atom. The molecule has 0 saturated carbocycles. The van der Waals surface area contributed by atoms with E-state index in [-0.39, 0.29) is 5.97 Å². The van der Waals surface area contributed by atoms with Crippen LogP contribution < -0.4 is 5.73 Å². The molecule has 16 heavy (non-hydrogen) atoms. The van der Waals surface area contributed by atoms with Crippen molar-refractivity contribution in [3.05, 3.63) is 0 Å². The van der Waals surface area contributed by atoms with E-state index in [1.165, 1.54) is 0 Å². The van der Waals surface area contributed by atoms with Gasteiger partial charge in [-0.2, -0.15) is 0 Å². The number of ether oxygens (including phenoxy) is 1. The van der Waals surface area contributed by atoms with Gasteiger partial charge in [-0.25, -0.2) is 0 Å². The van der Waals surface area contributed by atoms with Gasteiger partial charge in [0.1, 0.15) is 5.54 Å². The molecule has 2 N–H and O–H groups in total. The minimum atomic E-state index is -0.921. The highest BCUT2D eigenvalue weighted by atomic mass is 16.5. The smallest absolute Gasteiger partial charge is 0.327 e. The summed E-state index contributed by atoms with van der Waals surface area (Å²) in [5.41, 5.74) is 5.08. The van der Waals surface area contributed by atoms with E-state index in [1.807, 2.05) is 0 Å². The first-order chi connectivity index (χ1) is 7.38. The molecule has 0 aromatic carbocycles. The molecule has 0 aliphatic rings. The summed E-state index contributed by atoms with van der Waals surface area (Å²) in [6.07, 6.45) is 1.05. The molecule has 0 aromatic rings. The Bertz CT molecular complexity index is 217. The molecule has 2 unspecified atom stereocenters. The Kier molecular flexibility index (Phi) is 6.60. The van der Waals surface area contributed by atoms with Crippen molar-refractivity contribution in [3.8, 4) is 0 Å². The van der Waals surface area contributed by atoms with Crippen LogP contribution >= 0.6 is 0 Å². The van der Waals surface area contributed by atoms with E-state index in [2.05, 4.69) is 25.7 Å². The predicted octanol–water partition coefficient (Wildman–Crippen LogP) is 1.39. The van der Waals surface area contributed by atoms with Gasteiger partial charge in [-0.05, 0) is 33.7 Å². The lowest BCUT2D eigenvalue weighted by atomic mass is 10.0. The standard InChI is InChI=1S/C12H26N2O2/c1-6-10(4)14(7-2)9-12(5,13)11(15)16-8-3/h10H,6-9,13H2,1-5H3. The number of hydrogen-bond acceptors (Lipinski definition) is 4. The van der Waals surface area contributed by atoms with Crippen LogP contribution in [0, 0.1) is 0 Å². The number of esters is 1. The Morgan fingerprint density at radius 1 is 1.44 bits per heavy atom. The van der Waals surface area contributed by atoms with Crippen molar-refractivity contribution in [2.45, 2.75) is 52.6 Å². The summed E-state index contributed by atoms with van der Waals surface area (Å²) in [5.74, 6) is -0.322. The van der Waals surface area contributed by atoms with Gasteiger partial charge in [0.2, 0.25) is 0 Å². The predicted molar refractivity (Wildman–Crippen MR) is 66.2 cm³/mol. The van der Waals surface area contributed by atoms with Crippen molar-refractivity contribution >= 4 is 5.97 Å². The average Bonchev–Trinajstić information content (AvgIpc) is 2.25. The molecule has 96 valence electrons. The minimum Gasteiger partial charge on any atom is -0.465 e. The second kappa shape index (κ2) is 6.86. The van der Waals surface area contributed by atoms with Crippen LogP contribution in [0.1, 0.15) is 41.0 Å². The lowest BCUT2D eigenvalue weighted by molar-refractivity contribution is -0.149. The van der Waals surface area contributed by atoms with Crippen molar-refractivity contribution in [2.75, 3.05) is 19.7 Å². The number of rotatable bonds is 7. The molecule has 0 bridgehead atoms. The number of carbonyl (C=O) groups excluding carboxylic acids is 1. The quantitative estimate of drug-likeness (QED) is 0.671. The fraction of sp³-hybridized carbons (Fsp3) is 0.917. The molecule has 0 radical (unpaired) electrons. The van der Waals surface area contributed by atoms with E-state index in [0.717, 1.165) is 13.0 Å². The van der Waals surface area contributed by atoms with Gasteiger partial charge in [0.25, 0.3) is 0 Å². The van der Waals surface area contributed by atoms with Crippen molar-refractivity contribution in [3.63, 3.8) is 0 Å². The summed E-state index contributed by atoms with van der Waals surface area (Å²) in [7, 11) is 0. The molecule has 0 aromatic heterocycles. The maximum atomic E-state index is 11.7. The van der Waals surface area contributed by atoms with Gasteiger partial charge in [0.15, 0.2) is 0 Å². The van der Waals surface area contributed by atoms with E-state index in [4.69, 9.17) is 10.5 Å². The monoisotopic (exact) mass is 230 g/mol. The number of likely N-dealkylation sites (N-methyl/N-ethyl adjacent to an activating group) is 1. The van der Waals surface area contributed by atoms with Gasteiger partial charge < -0.3 is 10.5 Å². The minimum absolute atomic E-state index is 0.322. The maximum Gasteiger partial charge on any atom is 0.327 e. The number of hydrogen-bond donors (Lipinski definition) is 1. The van der Waals surface area contributed by atoms with E-state index in [1.54, 1.807) is 13.8 Å². The largest absolute Gasteiger partial charge is 0.465 e. The van der Waals surface area contributed by atoms with Crippen LogP contribution in [0.4, 0.5) is 0 Å². The van der Waals surface area contributed by atoms with E-state index < -0.39 is 5.54 Å². The summed E-state index contributed by atoms with van der Waals surface area (Å²) >= 11 is 0. The normalized spacial score (nSPS) is 16.9. The van der Waals surface area contributed by atoms with Crippen LogP contribution in [0.15, 0.2) is 0 Å². The van der Waals surface area contributed by atoms with Crippen LogP contribution in [0.5, 0.6) is 0 Å². The highest BCUT2D eigenvalue weighted by Crippen LogP contribution is 2.10. The van der Waals surface area contributed by atoms with E-state index >= 15 is 0 Å². The van der Waals surface area contributed by atoms with Gasteiger partial charge in [-0.1, -0.05) is 13.8 Å². The highest BCUT2D eigenvalue weighted by Gasteiger charge is 2.32. The molecule has 0 rings (SSSR count). The first-order valence-corrected chi connectivity index (χ1v) is 6.09. The highest BCUT2D eigenvalue weighted by molar-refractivity contribution is 5.80. The maximum absolute atomic E-state index is 11.7. The Hall–Kier alpha value is -0.610. The summed E-state index contributed by atoms with van der Waals surface area (Å²) in [4.78, 5) is 13.9. The van der Waals surface area contributed by atoms with Crippen molar-refractivity contribution in [1.82, 2.24) is 4.90 Å². The molecular formula is C12H26N2O2. The Morgan fingerprint density at radius 2 is 2.00 bits per heavy atom. The zero-order chi connectivity index (χ0) is 12.8. The molecule has 0 saturated heterocycles. The van der Waals surface area contributed by atoms with Crippen LogP contribution in [0.25, 0.3) is 0 Å². The van der Waals surface area contributed by atoms with E-state index in [9.17, 15) is 4.79 Å². The van der Waals surface area contributed by atoms with E-state index in [0.29, 0.717) is 19.2 Å². The topological polar surface area (TPSA) is 55.6 Å². The lowest BCUT2D eigenvalue weighted by Crippen LogP contribution is -2.56. The fourth-order valence-electron chi connectivity index (χ4n) is 1.62. The molecule has 0 aliphatic heterocycles. The molecule has 0 aliphatic carbocycles. The Balaban J connectivity index is 4.47. The summed E-state index contributed by atoms with van der Waals surface area (Å²) < 4.78 is 4.97. The lowest BCUT2D eigenvalue weighted by Gasteiger charge is -2.33. The summed E-state index contributed by atoms with van der Waals surface area (Å²) in [6.45, 7) is 11.7. The van der Waals surface area contributed by atoms with Crippen molar-refractivity contribution in [1.29, 1.82) is 0 Å². The van der Waals surface area contributed by atoms with Gasteiger partial charge in [-0.3, -0.25) is 9.69 Å². The number of carbonyl (C=O) groups is 1. The third-order valence-corrected chi connectivity index (χ3v) is 2.89. The molecule has 4 heteroatoms. The van der Waals surface area contributed by atoms with Crippen molar-refractivity contribution < 1.29 is 9.53 Å². The van der Waals surface area contributed by atoms with Crippen LogP contribution in [0.2, 0.25) is 0 Å². The van der Waals surface area contributed by atoms with Gasteiger partial charge in [0, 0.05) is 12.6 Å². The molecule has 0 amide bonds. The van der Waals surface area contributed by atoms with Crippen LogP contribution in [-0.4, -0.2) is 42.1 Å². The molecule has 0 fully saturated rings. The third kappa shape index (κ3) is 4.49. The molecule has 0 spiro atoms. The zero-order valence-electron chi connectivity index (χ0n) is 11.2. The molecule has 0 heterocycles.